The van der Waals surface area contributed by atoms with Crippen molar-refractivity contribution in [3.05, 3.63) is 23.9 Å². The Morgan fingerprint density at radius 3 is 2.80 bits per heavy atom. The van der Waals surface area contributed by atoms with Crippen LogP contribution in [-0.4, -0.2) is 4.98 Å². The Balaban J connectivity index is 2.96. The van der Waals surface area contributed by atoms with Gasteiger partial charge in [0.25, 0.3) is 0 Å². The van der Waals surface area contributed by atoms with Gasteiger partial charge in [0.15, 0.2) is 0 Å². The van der Waals surface area contributed by atoms with Gasteiger partial charge in [-0.3, -0.25) is 0 Å². The zero-order chi connectivity index (χ0) is 7.56. The summed E-state index contributed by atoms with van der Waals surface area (Å²) in [6.45, 7) is 2.00. The van der Waals surface area contributed by atoms with Crippen molar-refractivity contribution in [3.8, 4) is 0 Å². The van der Waals surface area contributed by atoms with E-state index in [1.807, 2.05) is 19.1 Å². The van der Waals surface area contributed by atoms with E-state index in [0.29, 0.717) is 5.82 Å². The molecule has 1 unspecified atom stereocenters. The Morgan fingerprint density at radius 1 is 1.70 bits per heavy atom. The molecule has 0 spiro atoms. The highest BCUT2D eigenvalue weighted by molar-refractivity contribution is 7.80. The van der Waals surface area contributed by atoms with Crippen LogP contribution in [0.25, 0.3) is 0 Å². The van der Waals surface area contributed by atoms with Crippen LogP contribution >= 0.6 is 12.6 Å². The van der Waals surface area contributed by atoms with Crippen molar-refractivity contribution >= 4 is 18.4 Å². The van der Waals surface area contributed by atoms with E-state index in [4.69, 9.17) is 5.73 Å². The maximum absolute atomic E-state index is 5.45. The van der Waals surface area contributed by atoms with Crippen molar-refractivity contribution in [2.24, 2.45) is 0 Å². The molecule has 0 radical (unpaired) electrons. The molecule has 1 aromatic heterocycles. The molecule has 10 heavy (non-hydrogen) atoms. The van der Waals surface area contributed by atoms with Crippen LogP contribution in [0, 0.1) is 0 Å². The minimum atomic E-state index is 0.227. The minimum Gasteiger partial charge on any atom is -0.384 e. The lowest BCUT2D eigenvalue weighted by Gasteiger charge is -2.02. The van der Waals surface area contributed by atoms with Crippen LogP contribution < -0.4 is 5.73 Å². The zero-order valence-corrected chi connectivity index (χ0v) is 6.68. The summed E-state index contributed by atoms with van der Waals surface area (Å²) in [5, 5.41) is 0.227. The maximum atomic E-state index is 5.45. The van der Waals surface area contributed by atoms with Crippen LogP contribution in [0.5, 0.6) is 0 Å². The summed E-state index contributed by atoms with van der Waals surface area (Å²) in [6.07, 6.45) is 1.69. The van der Waals surface area contributed by atoms with Crippen molar-refractivity contribution in [1.82, 2.24) is 4.98 Å². The van der Waals surface area contributed by atoms with Crippen LogP contribution in [0.15, 0.2) is 18.3 Å². The fraction of sp³-hybridized carbons (Fsp3) is 0.286. The molecule has 0 aliphatic heterocycles. The molecular formula is C7H10N2S. The normalized spacial score (nSPS) is 13.0. The largest absolute Gasteiger partial charge is 0.384 e. The van der Waals surface area contributed by atoms with Gasteiger partial charge in [0.1, 0.15) is 5.82 Å². The second kappa shape index (κ2) is 2.92. The number of nitrogens with two attached hydrogens (primary N) is 1. The summed E-state index contributed by atoms with van der Waals surface area (Å²) in [5.74, 6) is 0.554. The van der Waals surface area contributed by atoms with Gasteiger partial charge in [-0.05, 0) is 24.6 Å². The summed E-state index contributed by atoms with van der Waals surface area (Å²) in [6, 6.07) is 3.74. The van der Waals surface area contributed by atoms with E-state index in [1.54, 1.807) is 6.20 Å². The van der Waals surface area contributed by atoms with Crippen LogP contribution in [0.1, 0.15) is 17.7 Å². The Bertz CT molecular complexity index is 223. The van der Waals surface area contributed by atoms with E-state index >= 15 is 0 Å². The van der Waals surface area contributed by atoms with E-state index in [2.05, 4.69) is 17.6 Å². The maximum Gasteiger partial charge on any atom is 0.123 e. The average molecular weight is 154 g/mol. The summed E-state index contributed by atoms with van der Waals surface area (Å²) in [5.41, 5.74) is 6.56. The van der Waals surface area contributed by atoms with Crippen LogP contribution in [0.2, 0.25) is 0 Å². The highest BCUT2D eigenvalue weighted by Crippen LogP contribution is 2.18. The molecule has 1 heterocycles. The number of rotatable bonds is 1. The van der Waals surface area contributed by atoms with Crippen molar-refractivity contribution in [2.75, 3.05) is 5.73 Å². The molecule has 0 aliphatic carbocycles. The molecule has 3 heteroatoms. The van der Waals surface area contributed by atoms with E-state index in [-0.39, 0.29) is 5.25 Å². The third-order valence-corrected chi connectivity index (χ3v) is 1.59. The molecule has 1 aromatic rings. The van der Waals surface area contributed by atoms with Gasteiger partial charge in [-0.15, -0.1) is 0 Å². The van der Waals surface area contributed by atoms with Crippen molar-refractivity contribution in [1.29, 1.82) is 0 Å². The highest BCUT2D eigenvalue weighted by Gasteiger charge is 1.98. The number of thiol groups is 1. The molecule has 1 rings (SSSR count). The van der Waals surface area contributed by atoms with Crippen molar-refractivity contribution in [3.63, 3.8) is 0 Å². The SMILES string of the molecule is CC(S)c1ccnc(N)c1. The van der Waals surface area contributed by atoms with Crippen LogP contribution in [-0.2, 0) is 0 Å². The molecule has 2 nitrogen and oxygen atoms in total. The van der Waals surface area contributed by atoms with Gasteiger partial charge in [0.2, 0.25) is 0 Å². The van der Waals surface area contributed by atoms with Gasteiger partial charge in [0.05, 0.1) is 0 Å². The predicted octanol–water partition coefficient (Wildman–Crippen LogP) is 1.65. The van der Waals surface area contributed by atoms with E-state index in [0.717, 1.165) is 5.56 Å². The lowest BCUT2D eigenvalue weighted by atomic mass is 10.2. The Labute approximate surface area is 65.9 Å². The Morgan fingerprint density at radius 2 is 2.40 bits per heavy atom. The molecule has 0 saturated heterocycles. The molecule has 0 aromatic carbocycles. The number of nitrogens with zero attached hydrogens (tertiary/aromatic N) is 1. The smallest absolute Gasteiger partial charge is 0.123 e. The van der Waals surface area contributed by atoms with Gasteiger partial charge in [-0.2, -0.15) is 12.6 Å². The van der Waals surface area contributed by atoms with Gasteiger partial charge in [-0.25, -0.2) is 4.98 Å². The zero-order valence-electron chi connectivity index (χ0n) is 5.78. The molecule has 0 bridgehead atoms. The summed E-state index contributed by atoms with van der Waals surface area (Å²) >= 11 is 4.25. The number of nitrogen functional groups attached to an aromatic ring is 1. The molecule has 2 N–H and O–H groups in total. The van der Waals surface area contributed by atoms with E-state index in [1.165, 1.54) is 0 Å². The van der Waals surface area contributed by atoms with Gasteiger partial charge >= 0.3 is 0 Å². The summed E-state index contributed by atoms with van der Waals surface area (Å²) in [7, 11) is 0. The number of pyridine rings is 1. The fourth-order valence-corrected chi connectivity index (χ4v) is 0.886. The lowest BCUT2D eigenvalue weighted by Crippen LogP contribution is -1.91. The average Bonchev–Trinajstić information content (AvgIpc) is 1.88. The molecule has 0 fully saturated rings. The molecule has 1 atom stereocenters. The standard InChI is InChI=1S/C7H10N2S/c1-5(10)6-2-3-9-7(8)4-6/h2-5,10H,1H3,(H2,8,9). The molecule has 0 saturated carbocycles. The minimum absolute atomic E-state index is 0.227. The molecule has 0 aliphatic rings. The number of aromatic nitrogens is 1. The quantitative estimate of drug-likeness (QED) is 0.604. The van der Waals surface area contributed by atoms with E-state index in [9.17, 15) is 0 Å². The van der Waals surface area contributed by atoms with E-state index < -0.39 is 0 Å². The molecular weight excluding hydrogens is 144 g/mol. The second-order valence-corrected chi connectivity index (χ2v) is 2.96. The predicted molar refractivity (Wildman–Crippen MR) is 46.1 cm³/mol. The second-order valence-electron chi connectivity index (χ2n) is 2.19. The monoisotopic (exact) mass is 154 g/mol. The first-order chi connectivity index (χ1) is 4.70. The number of hydrogen-bond acceptors (Lipinski definition) is 3. The highest BCUT2D eigenvalue weighted by atomic mass is 32.1. The molecule has 0 amide bonds. The summed E-state index contributed by atoms with van der Waals surface area (Å²) < 4.78 is 0. The third kappa shape index (κ3) is 1.64. The van der Waals surface area contributed by atoms with Crippen molar-refractivity contribution in [2.45, 2.75) is 12.2 Å². The molecule has 54 valence electrons. The first kappa shape index (κ1) is 7.41. The first-order valence-corrected chi connectivity index (χ1v) is 3.61. The lowest BCUT2D eigenvalue weighted by molar-refractivity contribution is 1.10. The fourth-order valence-electron chi connectivity index (χ4n) is 0.725. The topological polar surface area (TPSA) is 38.9 Å². The number of anilines is 1. The first-order valence-electron chi connectivity index (χ1n) is 3.09. The van der Waals surface area contributed by atoms with Crippen molar-refractivity contribution < 1.29 is 0 Å². The van der Waals surface area contributed by atoms with Crippen LogP contribution in [0.3, 0.4) is 0 Å². The summed E-state index contributed by atoms with van der Waals surface area (Å²) in [4.78, 5) is 3.87. The van der Waals surface area contributed by atoms with Crippen LogP contribution in [0.4, 0.5) is 5.82 Å². The number of hydrogen-bond donors (Lipinski definition) is 2. The Kier molecular flexibility index (Phi) is 2.17. The van der Waals surface area contributed by atoms with Gasteiger partial charge in [0, 0.05) is 11.4 Å². The third-order valence-electron chi connectivity index (χ3n) is 1.29. The van der Waals surface area contributed by atoms with Gasteiger partial charge in [-0.1, -0.05) is 0 Å². The van der Waals surface area contributed by atoms with Gasteiger partial charge < -0.3 is 5.73 Å². The Hall–Kier alpha value is -0.700.